The van der Waals surface area contributed by atoms with Crippen LogP contribution in [0.1, 0.15) is 26.3 Å². The molecular weight excluding hydrogens is 268 g/mol. The Morgan fingerprint density at radius 1 is 1.00 bits per heavy atom. The summed E-state index contributed by atoms with van der Waals surface area (Å²) in [6.07, 6.45) is 0. The highest BCUT2D eigenvalue weighted by Crippen LogP contribution is 2.20. The van der Waals surface area contributed by atoms with E-state index in [0.29, 0.717) is 11.3 Å². The number of phenolic OH excluding ortho intramolecular Hbond substituents is 1. The van der Waals surface area contributed by atoms with Crippen LogP contribution in [0.5, 0.6) is 5.75 Å². The summed E-state index contributed by atoms with van der Waals surface area (Å²) >= 11 is 0. The molecule has 3 N–H and O–H groups in total. The monoisotopic (exact) mass is 284 g/mol. The minimum atomic E-state index is -0.403. The lowest BCUT2D eigenvalue weighted by Gasteiger charge is -2.08. The van der Waals surface area contributed by atoms with Crippen molar-refractivity contribution in [3.05, 3.63) is 59.2 Å². The van der Waals surface area contributed by atoms with Gasteiger partial charge in [0.1, 0.15) is 5.75 Å². The third-order valence-corrected chi connectivity index (χ3v) is 3.03. The quantitative estimate of drug-likeness (QED) is 0.809. The molecule has 0 radical (unpaired) electrons. The molecule has 5 heteroatoms. The number of aryl methyl sites for hydroxylation is 1. The summed E-state index contributed by atoms with van der Waals surface area (Å²) in [5.41, 5.74) is 2.14. The maximum absolute atomic E-state index is 12.1. The van der Waals surface area contributed by atoms with Crippen LogP contribution in [0.3, 0.4) is 0 Å². The Kier molecular flexibility index (Phi) is 4.23. The van der Waals surface area contributed by atoms with Gasteiger partial charge in [-0.2, -0.15) is 0 Å². The van der Waals surface area contributed by atoms with Crippen LogP contribution in [0.2, 0.25) is 0 Å². The largest absolute Gasteiger partial charge is 0.507 e. The Morgan fingerprint density at radius 3 is 2.24 bits per heavy atom. The Bertz CT molecular complexity index is 678. The molecule has 0 unspecified atom stereocenters. The van der Waals surface area contributed by atoms with E-state index in [1.807, 2.05) is 6.92 Å². The predicted molar refractivity (Wildman–Crippen MR) is 80.6 cm³/mol. The van der Waals surface area contributed by atoms with Gasteiger partial charge in [0.2, 0.25) is 0 Å². The molecule has 0 aromatic heterocycles. The van der Waals surface area contributed by atoms with E-state index >= 15 is 0 Å². The minimum Gasteiger partial charge on any atom is -0.507 e. The molecule has 0 heterocycles. The molecule has 108 valence electrons. The smallest absolute Gasteiger partial charge is 0.259 e. The van der Waals surface area contributed by atoms with Crippen LogP contribution < -0.4 is 10.6 Å². The first-order valence-corrected chi connectivity index (χ1v) is 6.44. The van der Waals surface area contributed by atoms with Crippen LogP contribution >= 0.6 is 0 Å². The topological polar surface area (TPSA) is 78.4 Å². The first kappa shape index (κ1) is 14.6. The predicted octanol–water partition coefficient (Wildman–Crippen LogP) is 2.31. The number of amides is 2. The fourth-order valence-electron chi connectivity index (χ4n) is 1.88. The zero-order valence-electron chi connectivity index (χ0n) is 11.8. The average molecular weight is 284 g/mol. The van der Waals surface area contributed by atoms with Crippen LogP contribution in [0.25, 0.3) is 0 Å². The van der Waals surface area contributed by atoms with Crippen molar-refractivity contribution in [2.24, 2.45) is 0 Å². The van der Waals surface area contributed by atoms with Gasteiger partial charge in [0.05, 0.1) is 5.56 Å². The van der Waals surface area contributed by atoms with Crippen molar-refractivity contribution < 1.29 is 14.7 Å². The second-order valence-electron chi connectivity index (χ2n) is 4.63. The van der Waals surface area contributed by atoms with Crippen molar-refractivity contribution >= 4 is 17.5 Å². The molecule has 0 atom stereocenters. The molecule has 0 bridgehead atoms. The molecule has 0 aliphatic carbocycles. The second kappa shape index (κ2) is 6.09. The summed E-state index contributed by atoms with van der Waals surface area (Å²) in [7, 11) is 1.55. The zero-order valence-corrected chi connectivity index (χ0v) is 11.8. The van der Waals surface area contributed by atoms with Gasteiger partial charge in [-0.15, -0.1) is 0 Å². The molecule has 2 aromatic carbocycles. The molecule has 2 amide bonds. The van der Waals surface area contributed by atoms with Gasteiger partial charge in [-0.3, -0.25) is 9.59 Å². The minimum absolute atomic E-state index is 0.0607. The number of hydrogen-bond donors (Lipinski definition) is 3. The fourth-order valence-corrected chi connectivity index (χ4v) is 1.88. The molecular formula is C16H16N2O3. The summed E-state index contributed by atoms with van der Waals surface area (Å²) < 4.78 is 0. The van der Waals surface area contributed by atoms with E-state index in [1.165, 1.54) is 6.07 Å². The van der Waals surface area contributed by atoms with Crippen LogP contribution in [0.4, 0.5) is 5.69 Å². The first-order chi connectivity index (χ1) is 10.0. The van der Waals surface area contributed by atoms with Gasteiger partial charge in [-0.1, -0.05) is 6.07 Å². The summed E-state index contributed by atoms with van der Waals surface area (Å²) in [6, 6.07) is 11.3. The van der Waals surface area contributed by atoms with E-state index in [4.69, 9.17) is 0 Å². The van der Waals surface area contributed by atoms with Crippen molar-refractivity contribution in [1.29, 1.82) is 0 Å². The number of carbonyl (C=O) groups excluding carboxylic acids is 2. The van der Waals surface area contributed by atoms with Gasteiger partial charge in [0, 0.05) is 18.3 Å². The molecule has 2 aromatic rings. The van der Waals surface area contributed by atoms with Crippen molar-refractivity contribution in [2.75, 3.05) is 12.4 Å². The number of carbonyl (C=O) groups is 2. The summed E-state index contributed by atoms with van der Waals surface area (Å²) in [6.45, 7) is 1.83. The Balaban J connectivity index is 2.14. The second-order valence-corrected chi connectivity index (χ2v) is 4.63. The van der Waals surface area contributed by atoms with E-state index < -0.39 is 5.91 Å². The van der Waals surface area contributed by atoms with Gasteiger partial charge >= 0.3 is 0 Å². The highest BCUT2D eigenvalue weighted by atomic mass is 16.3. The van der Waals surface area contributed by atoms with Gasteiger partial charge in [0.25, 0.3) is 11.8 Å². The first-order valence-electron chi connectivity index (χ1n) is 6.44. The van der Waals surface area contributed by atoms with Gasteiger partial charge in [0.15, 0.2) is 0 Å². The number of rotatable bonds is 3. The molecule has 0 aliphatic heterocycles. The Morgan fingerprint density at radius 2 is 1.67 bits per heavy atom. The van der Waals surface area contributed by atoms with Crippen molar-refractivity contribution in [3.8, 4) is 5.75 Å². The average Bonchev–Trinajstić information content (AvgIpc) is 2.47. The lowest BCUT2D eigenvalue weighted by Crippen LogP contribution is -2.17. The molecule has 0 spiro atoms. The lowest BCUT2D eigenvalue weighted by molar-refractivity contribution is 0.0962. The summed E-state index contributed by atoms with van der Waals surface area (Å²) in [5, 5.41) is 15.0. The SMILES string of the molecule is CNC(=O)c1ccc(NC(=O)c2ccc(C)cc2O)cc1. The van der Waals surface area contributed by atoms with Crippen molar-refractivity contribution in [3.63, 3.8) is 0 Å². The van der Waals surface area contributed by atoms with E-state index in [-0.39, 0.29) is 17.2 Å². The number of hydrogen-bond acceptors (Lipinski definition) is 3. The number of aromatic hydroxyl groups is 1. The standard InChI is InChI=1S/C16H16N2O3/c1-10-3-8-13(14(19)9-10)16(21)18-12-6-4-11(5-7-12)15(20)17-2/h3-9,19H,1-2H3,(H,17,20)(H,18,21). The van der Waals surface area contributed by atoms with E-state index in [1.54, 1.807) is 43.4 Å². The third-order valence-electron chi connectivity index (χ3n) is 3.03. The number of nitrogens with one attached hydrogen (secondary N) is 2. The maximum atomic E-state index is 12.1. The third kappa shape index (κ3) is 3.39. The summed E-state index contributed by atoms with van der Waals surface area (Å²) in [5.74, 6) is -0.654. The molecule has 2 rings (SSSR count). The molecule has 0 saturated carbocycles. The highest BCUT2D eigenvalue weighted by Gasteiger charge is 2.11. The van der Waals surface area contributed by atoms with Gasteiger partial charge in [-0.05, 0) is 48.9 Å². The van der Waals surface area contributed by atoms with E-state index in [0.717, 1.165) is 5.56 Å². The molecule has 5 nitrogen and oxygen atoms in total. The van der Waals surface area contributed by atoms with Crippen LogP contribution in [0, 0.1) is 6.92 Å². The number of phenols is 1. The zero-order chi connectivity index (χ0) is 15.4. The normalized spacial score (nSPS) is 10.0. The van der Waals surface area contributed by atoms with Crippen LogP contribution in [-0.4, -0.2) is 24.0 Å². The maximum Gasteiger partial charge on any atom is 0.259 e. The van der Waals surface area contributed by atoms with E-state index in [2.05, 4.69) is 10.6 Å². The fraction of sp³-hybridized carbons (Fsp3) is 0.125. The van der Waals surface area contributed by atoms with Crippen LogP contribution in [0.15, 0.2) is 42.5 Å². The summed E-state index contributed by atoms with van der Waals surface area (Å²) in [4.78, 5) is 23.5. The highest BCUT2D eigenvalue weighted by molar-refractivity contribution is 6.06. The van der Waals surface area contributed by atoms with E-state index in [9.17, 15) is 14.7 Å². The molecule has 21 heavy (non-hydrogen) atoms. The molecule has 0 saturated heterocycles. The van der Waals surface area contributed by atoms with Crippen molar-refractivity contribution in [2.45, 2.75) is 6.92 Å². The van der Waals surface area contributed by atoms with Gasteiger partial charge < -0.3 is 15.7 Å². The van der Waals surface area contributed by atoms with Gasteiger partial charge in [-0.25, -0.2) is 0 Å². The number of anilines is 1. The molecule has 0 aliphatic rings. The molecule has 0 fully saturated rings. The Hall–Kier alpha value is -2.82. The number of benzene rings is 2. The Labute approximate surface area is 122 Å². The van der Waals surface area contributed by atoms with Crippen LogP contribution in [-0.2, 0) is 0 Å². The van der Waals surface area contributed by atoms with Crippen molar-refractivity contribution in [1.82, 2.24) is 5.32 Å². The lowest BCUT2D eigenvalue weighted by atomic mass is 10.1.